The van der Waals surface area contributed by atoms with E-state index in [-0.39, 0.29) is 11.9 Å². The fourth-order valence-corrected chi connectivity index (χ4v) is 4.55. The van der Waals surface area contributed by atoms with Crippen molar-refractivity contribution in [3.8, 4) is 16.3 Å². The van der Waals surface area contributed by atoms with Crippen LogP contribution < -0.4 is 5.32 Å². The fourth-order valence-electron chi connectivity index (χ4n) is 3.87. The lowest BCUT2D eigenvalue weighted by Gasteiger charge is -2.20. The molecule has 1 N–H and O–H groups in total. The maximum absolute atomic E-state index is 13.6. The smallest absolute Gasteiger partial charge is 0.270 e. The van der Waals surface area contributed by atoms with Crippen LogP contribution in [0.15, 0.2) is 115 Å². The highest BCUT2D eigenvalue weighted by Gasteiger charge is 2.22. The molecule has 4 nitrogen and oxygen atoms in total. The van der Waals surface area contributed by atoms with Crippen LogP contribution in [0.5, 0.6) is 0 Å². The van der Waals surface area contributed by atoms with Crippen LogP contribution in [-0.2, 0) is 6.42 Å². The maximum atomic E-state index is 13.6. The highest BCUT2D eigenvalue weighted by molar-refractivity contribution is 7.13. The minimum absolute atomic E-state index is 0.154. The summed E-state index contributed by atoms with van der Waals surface area (Å²) in [5.74, 6) is -0.154. The maximum Gasteiger partial charge on any atom is 0.270 e. The second-order valence-corrected chi connectivity index (χ2v) is 8.71. The van der Waals surface area contributed by atoms with Gasteiger partial charge in [-0.25, -0.2) is 4.68 Å². The highest BCUT2D eigenvalue weighted by atomic mass is 32.1. The Kier molecular flexibility index (Phi) is 6.13. The summed E-state index contributed by atoms with van der Waals surface area (Å²) in [4.78, 5) is 14.7. The Morgan fingerprint density at radius 1 is 0.848 bits per heavy atom. The van der Waals surface area contributed by atoms with E-state index < -0.39 is 0 Å². The number of amides is 1. The number of para-hydroxylation sites is 1. The molecule has 1 amide bonds. The van der Waals surface area contributed by atoms with Crippen LogP contribution in [0.2, 0.25) is 0 Å². The van der Waals surface area contributed by atoms with Crippen molar-refractivity contribution in [2.24, 2.45) is 0 Å². The summed E-state index contributed by atoms with van der Waals surface area (Å²) >= 11 is 1.61. The molecule has 1 unspecified atom stereocenters. The number of hydrogen-bond acceptors (Lipinski definition) is 3. The molecule has 0 spiro atoms. The predicted molar refractivity (Wildman–Crippen MR) is 134 cm³/mol. The van der Waals surface area contributed by atoms with Gasteiger partial charge in [-0.15, -0.1) is 11.3 Å². The van der Waals surface area contributed by atoms with E-state index in [4.69, 9.17) is 5.10 Å². The summed E-state index contributed by atoms with van der Waals surface area (Å²) in [5.41, 5.74) is 4.39. The van der Waals surface area contributed by atoms with Gasteiger partial charge in [0.15, 0.2) is 0 Å². The van der Waals surface area contributed by atoms with Crippen molar-refractivity contribution in [1.82, 2.24) is 15.1 Å². The van der Waals surface area contributed by atoms with Gasteiger partial charge in [-0.1, -0.05) is 84.9 Å². The van der Waals surface area contributed by atoms with Gasteiger partial charge in [0.05, 0.1) is 16.6 Å². The first-order valence-corrected chi connectivity index (χ1v) is 11.7. The first-order chi connectivity index (χ1) is 16.3. The molecule has 0 bridgehead atoms. The van der Waals surface area contributed by atoms with Gasteiger partial charge in [0.1, 0.15) is 11.4 Å². The monoisotopic (exact) mass is 449 g/mol. The lowest BCUT2D eigenvalue weighted by Crippen LogP contribution is -2.31. The van der Waals surface area contributed by atoms with Gasteiger partial charge in [-0.05, 0) is 47.2 Å². The number of thiophene rings is 1. The van der Waals surface area contributed by atoms with Crippen LogP contribution in [0.4, 0.5) is 0 Å². The van der Waals surface area contributed by atoms with Gasteiger partial charge in [0, 0.05) is 0 Å². The van der Waals surface area contributed by atoms with E-state index in [1.807, 2.05) is 90.3 Å². The number of rotatable bonds is 7. The minimum Gasteiger partial charge on any atom is -0.344 e. The summed E-state index contributed by atoms with van der Waals surface area (Å²) in [6.07, 6.45) is 0.702. The largest absolute Gasteiger partial charge is 0.344 e. The number of hydrogen-bond donors (Lipinski definition) is 1. The van der Waals surface area contributed by atoms with Crippen molar-refractivity contribution in [2.45, 2.75) is 12.5 Å². The van der Waals surface area contributed by atoms with Crippen LogP contribution in [0.3, 0.4) is 0 Å². The third-order valence-corrected chi connectivity index (χ3v) is 6.40. The second kappa shape index (κ2) is 9.67. The molecule has 2 aromatic heterocycles. The lowest BCUT2D eigenvalue weighted by atomic mass is 9.98. The van der Waals surface area contributed by atoms with E-state index in [9.17, 15) is 4.79 Å². The molecule has 0 radical (unpaired) electrons. The average Bonchev–Trinajstić information content (AvgIpc) is 3.56. The van der Waals surface area contributed by atoms with Crippen molar-refractivity contribution in [1.29, 1.82) is 0 Å². The molecule has 0 aliphatic carbocycles. The minimum atomic E-state index is -0.162. The van der Waals surface area contributed by atoms with Gasteiger partial charge in [-0.2, -0.15) is 5.10 Å². The molecule has 1 atom stereocenters. The van der Waals surface area contributed by atoms with Crippen molar-refractivity contribution < 1.29 is 4.79 Å². The molecule has 5 aromatic rings. The molecule has 0 fully saturated rings. The molecular formula is C28H23N3OS. The molecule has 5 rings (SSSR count). The van der Waals surface area contributed by atoms with Crippen LogP contribution in [0, 0.1) is 0 Å². The first kappa shape index (κ1) is 20.9. The van der Waals surface area contributed by atoms with Gasteiger partial charge < -0.3 is 5.32 Å². The van der Waals surface area contributed by atoms with Crippen LogP contribution in [0.1, 0.15) is 27.7 Å². The zero-order valence-corrected chi connectivity index (χ0v) is 18.8. The molecule has 5 heteroatoms. The van der Waals surface area contributed by atoms with Crippen molar-refractivity contribution >= 4 is 17.2 Å². The Morgan fingerprint density at radius 2 is 1.52 bits per heavy atom. The van der Waals surface area contributed by atoms with Crippen LogP contribution in [-0.4, -0.2) is 15.7 Å². The molecule has 0 aliphatic rings. The number of carbonyl (C=O) groups is 1. The van der Waals surface area contributed by atoms with E-state index in [0.29, 0.717) is 12.1 Å². The summed E-state index contributed by atoms with van der Waals surface area (Å²) in [6, 6.07) is 35.8. The van der Waals surface area contributed by atoms with E-state index >= 15 is 0 Å². The van der Waals surface area contributed by atoms with E-state index in [0.717, 1.165) is 21.8 Å². The summed E-state index contributed by atoms with van der Waals surface area (Å²) in [5, 5.41) is 10.1. The summed E-state index contributed by atoms with van der Waals surface area (Å²) in [7, 11) is 0. The Morgan fingerprint density at radius 3 is 2.18 bits per heavy atom. The number of nitrogens with one attached hydrogen (secondary N) is 1. The van der Waals surface area contributed by atoms with Crippen molar-refractivity contribution in [3.63, 3.8) is 0 Å². The standard InChI is InChI=1S/C28H23N3OS/c32-28(29-24(22-13-6-2-7-14-22)19-21-11-4-1-5-12-21)26-20-25(27-17-10-18-33-27)30-31(26)23-15-8-3-9-16-23/h1-18,20,24H,19H2,(H,29,32). The third-order valence-electron chi connectivity index (χ3n) is 5.51. The van der Waals surface area contributed by atoms with Crippen LogP contribution >= 0.6 is 11.3 Å². The fraction of sp³-hybridized carbons (Fsp3) is 0.0714. The van der Waals surface area contributed by atoms with Crippen molar-refractivity contribution in [3.05, 3.63) is 131 Å². The molecule has 3 aromatic carbocycles. The predicted octanol–water partition coefficient (Wildman–Crippen LogP) is 6.31. The third kappa shape index (κ3) is 4.78. The van der Waals surface area contributed by atoms with Crippen LogP contribution in [0.25, 0.3) is 16.3 Å². The Labute approximate surface area is 197 Å². The number of benzene rings is 3. The molecule has 0 saturated carbocycles. The molecule has 0 saturated heterocycles. The summed E-state index contributed by atoms with van der Waals surface area (Å²) in [6.45, 7) is 0. The van der Waals surface area contributed by atoms with Gasteiger partial charge in [0.2, 0.25) is 0 Å². The number of nitrogens with zero attached hydrogens (tertiary/aromatic N) is 2. The van der Waals surface area contributed by atoms with E-state index in [1.54, 1.807) is 16.0 Å². The zero-order chi connectivity index (χ0) is 22.5. The molecule has 33 heavy (non-hydrogen) atoms. The quantitative estimate of drug-likeness (QED) is 0.316. The first-order valence-electron chi connectivity index (χ1n) is 10.9. The molecular weight excluding hydrogens is 426 g/mol. The van der Waals surface area contributed by atoms with Crippen molar-refractivity contribution in [2.75, 3.05) is 0 Å². The van der Waals surface area contributed by atoms with Gasteiger partial charge in [0.25, 0.3) is 5.91 Å². The van der Waals surface area contributed by atoms with E-state index in [2.05, 4.69) is 29.6 Å². The topological polar surface area (TPSA) is 46.9 Å². The Balaban J connectivity index is 1.50. The Bertz CT molecular complexity index is 1310. The molecule has 2 heterocycles. The highest BCUT2D eigenvalue weighted by Crippen LogP contribution is 2.27. The number of aromatic nitrogens is 2. The van der Waals surface area contributed by atoms with Gasteiger partial charge in [-0.3, -0.25) is 4.79 Å². The van der Waals surface area contributed by atoms with Gasteiger partial charge >= 0.3 is 0 Å². The molecule has 0 aliphatic heterocycles. The average molecular weight is 450 g/mol. The lowest BCUT2D eigenvalue weighted by molar-refractivity contribution is 0.0928. The Hall–Kier alpha value is -3.96. The number of carbonyl (C=O) groups excluding carboxylic acids is 1. The van der Waals surface area contributed by atoms with E-state index in [1.165, 1.54) is 5.56 Å². The zero-order valence-electron chi connectivity index (χ0n) is 18.0. The second-order valence-electron chi connectivity index (χ2n) is 7.77. The normalized spacial score (nSPS) is 11.8. The molecule has 162 valence electrons. The SMILES string of the molecule is O=C(NC(Cc1ccccc1)c1ccccc1)c1cc(-c2cccs2)nn1-c1ccccc1. The summed E-state index contributed by atoms with van der Waals surface area (Å²) < 4.78 is 1.73.